The molecule has 0 spiro atoms. The molecule has 0 N–H and O–H groups in total. The van der Waals surface area contributed by atoms with Crippen LogP contribution in [-0.2, 0) is 9.53 Å². The number of ether oxygens (including phenoxy) is 1. The molecule has 0 aromatic rings. The second kappa shape index (κ2) is 5.73. The van der Waals surface area contributed by atoms with E-state index in [4.69, 9.17) is 4.74 Å². The molecule has 0 saturated carbocycles. The standard InChI is InChI=1S/C16H26O2/c1-11-7-8-12(2)16(5,6)15(11)10-9-13(3)18-14(4)17/h7,9-10,12-13,15H,8H2,1-6H3/b10-9+/t12-,13+,15+/m1/s1. The third-order valence-corrected chi connectivity index (χ3v) is 4.28. The highest BCUT2D eigenvalue weighted by atomic mass is 16.5. The fourth-order valence-corrected chi connectivity index (χ4v) is 2.66. The Labute approximate surface area is 111 Å². The first-order valence-corrected chi connectivity index (χ1v) is 6.77. The normalized spacial score (nSPS) is 28.9. The Kier molecular flexibility index (Phi) is 4.78. The van der Waals surface area contributed by atoms with Crippen LogP contribution >= 0.6 is 0 Å². The van der Waals surface area contributed by atoms with Gasteiger partial charge in [-0.05, 0) is 37.7 Å². The number of rotatable bonds is 3. The minimum Gasteiger partial charge on any atom is -0.459 e. The fourth-order valence-electron chi connectivity index (χ4n) is 2.66. The highest BCUT2D eigenvalue weighted by Crippen LogP contribution is 2.45. The highest BCUT2D eigenvalue weighted by Gasteiger charge is 2.36. The average molecular weight is 250 g/mol. The molecule has 3 atom stereocenters. The van der Waals surface area contributed by atoms with Crippen molar-refractivity contribution >= 4 is 5.97 Å². The maximum absolute atomic E-state index is 10.9. The van der Waals surface area contributed by atoms with Gasteiger partial charge in [0.05, 0.1) is 0 Å². The Balaban J connectivity index is 2.80. The summed E-state index contributed by atoms with van der Waals surface area (Å²) < 4.78 is 5.13. The molecule has 102 valence electrons. The van der Waals surface area contributed by atoms with Gasteiger partial charge in [0, 0.05) is 12.8 Å². The van der Waals surface area contributed by atoms with Crippen LogP contribution in [0.5, 0.6) is 0 Å². The van der Waals surface area contributed by atoms with Crippen molar-refractivity contribution in [3.63, 3.8) is 0 Å². The summed E-state index contributed by atoms with van der Waals surface area (Å²) in [4.78, 5) is 10.9. The summed E-state index contributed by atoms with van der Waals surface area (Å²) in [6.45, 7) is 12.5. The third kappa shape index (κ3) is 3.47. The van der Waals surface area contributed by atoms with Crippen LogP contribution in [-0.4, -0.2) is 12.1 Å². The molecule has 0 fully saturated rings. The van der Waals surface area contributed by atoms with Crippen molar-refractivity contribution in [3.05, 3.63) is 23.8 Å². The average Bonchev–Trinajstić information content (AvgIpc) is 2.22. The first kappa shape index (κ1) is 15.0. The Morgan fingerprint density at radius 1 is 1.56 bits per heavy atom. The SMILES string of the molecule is CC(=O)O[C@@H](C)/C=C/[C@H]1C(C)=CC[C@@H](C)C1(C)C. The number of esters is 1. The molecule has 2 nitrogen and oxygen atoms in total. The Morgan fingerprint density at radius 2 is 2.17 bits per heavy atom. The monoisotopic (exact) mass is 250 g/mol. The van der Waals surface area contributed by atoms with E-state index in [9.17, 15) is 4.79 Å². The predicted octanol–water partition coefficient (Wildman–Crippen LogP) is 4.12. The van der Waals surface area contributed by atoms with Gasteiger partial charge >= 0.3 is 5.97 Å². The van der Waals surface area contributed by atoms with Crippen molar-refractivity contribution in [1.82, 2.24) is 0 Å². The first-order valence-electron chi connectivity index (χ1n) is 6.77. The van der Waals surface area contributed by atoms with Crippen molar-refractivity contribution in [2.45, 2.75) is 54.1 Å². The van der Waals surface area contributed by atoms with Crippen molar-refractivity contribution in [2.24, 2.45) is 17.3 Å². The van der Waals surface area contributed by atoms with Gasteiger partial charge in [0.25, 0.3) is 0 Å². The van der Waals surface area contributed by atoms with Crippen LogP contribution in [0, 0.1) is 17.3 Å². The van der Waals surface area contributed by atoms with E-state index in [0.29, 0.717) is 11.8 Å². The first-order chi connectivity index (χ1) is 8.25. The van der Waals surface area contributed by atoms with Gasteiger partial charge in [-0.1, -0.05) is 38.5 Å². The van der Waals surface area contributed by atoms with Crippen LogP contribution in [0.4, 0.5) is 0 Å². The summed E-state index contributed by atoms with van der Waals surface area (Å²) in [6.07, 6.45) is 7.55. The molecular weight excluding hydrogens is 224 g/mol. The lowest BCUT2D eigenvalue weighted by atomic mass is 9.63. The summed E-state index contributed by atoms with van der Waals surface area (Å²) in [7, 11) is 0. The van der Waals surface area contributed by atoms with Crippen molar-refractivity contribution in [2.75, 3.05) is 0 Å². The van der Waals surface area contributed by atoms with Gasteiger partial charge in [0.2, 0.25) is 0 Å². The van der Waals surface area contributed by atoms with Crippen molar-refractivity contribution in [1.29, 1.82) is 0 Å². The van der Waals surface area contributed by atoms with Gasteiger partial charge in [-0.3, -0.25) is 4.79 Å². The zero-order valence-electron chi connectivity index (χ0n) is 12.5. The zero-order chi connectivity index (χ0) is 13.9. The Morgan fingerprint density at radius 3 is 2.72 bits per heavy atom. The quantitative estimate of drug-likeness (QED) is 0.556. The largest absolute Gasteiger partial charge is 0.459 e. The number of hydrogen-bond donors (Lipinski definition) is 0. The highest BCUT2D eigenvalue weighted by molar-refractivity contribution is 5.66. The Hall–Kier alpha value is -1.05. The summed E-state index contributed by atoms with van der Waals surface area (Å²) in [5.41, 5.74) is 1.68. The van der Waals surface area contributed by atoms with Gasteiger partial charge in [0.1, 0.15) is 6.10 Å². The van der Waals surface area contributed by atoms with E-state index in [-0.39, 0.29) is 17.5 Å². The van der Waals surface area contributed by atoms with Gasteiger partial charge < -0.3 is 4.74 Å². The second-order valence-corrected chi connectivity index (χ2v) is 6.08. The van der Waals surface area contributed by atoms with E-state index in [0.717, 1.165) is 6.42 Å². The molecule has 0 unspecified atom stereocenters. The van der Waals surface area contributed by atoms with E-state index < -0.39 is 0 Å². The van der Waals surface area contributed by atoms with E-state index >= 15 is 0 Å². The molecule has 2 heteroatoms. The number of carbonyl (C=O) groups excluding carboxylic acids is 1. The maximum Gasteiger partial charge on any atom is 0.303 e. The molecule has 0 aromatic carbocycles. The molecule has 0 amide bonds. The predicted molar refractivity (Wildman–Crippen MR) is 75.2 cm³/mol. The van der Waals surface area contributed by atoms with Gasteiger partial charge in [-0.15, -0.1) is 0 Å². The Bertz CT molecular complexity index is 363. The van der Waals surface area contributed by atoms with Crippen LogP contribution < -0.4 is 0 Å². The molecular formula is C16H26O2. The molecule has 0 aromatic heterocycles. The molecule has 0 heterocycles. The van der Waals surface area contributed by atoms with Crippen LogP contribution in [0.2, 0.25) is 0 Å². The van der Waals surface area contributed by atoms with E-state index in [1.165, 1.54) is 12.5 Å². The summed E-state index contributed by atoms with van der Waals surface area (Å²) in [5, 5.41) is 0. The third-order valence-electron chi connectivity index (χ3n) is 4.28. The smallest absolute Gasteiger partial charge is 0.303 e. The van der Waals surface area contributed by atoms with E-state index in [2.05, 4.69) is 39.8 Å². The maximum atomic E-state index is 10.9. The molecule has 0 saturated heterocycles. The lowest BCUT2D eigenvalue weighted by molar-refractivity contribution is -0.143. The van der Waals surface area contributed by atoms with E-state index in [1.54, 1.807) is 0 Å². The van der Waals surface area contributed by atoms with Crippen molar-refractivity contribution < 1.29 is 9.53 Å². The summed E-state index contributed by atoms with van der Waals surface area (Å²) >= 11 is 0. The van der Waals surface area contributed by atoms with Crippen LogP contribution in [0.15, 0.2) is 23.8 Å². The van der Waals surface area contributed by atoms with Gasteiger partial charge in [0.15, 0.2) is 0 Å². The number of allylic oxidation sites excluding steroid dienone is 3. The summed E-state index contributed by atoms with van der Waals surface area (Å²) in [5.74, 6) is 0.870. The number of hydrogen-bond acceptors (Lipinski definition) is 2. The van der Waals surface area contributed by atoms with Crippen LogP contribution in [0.1, 0.15) is 48.0 Å². The van der Waals surface area contributed by atoms with Crippen molar-refractivity contribution in [3.8, 4) is 0 Å². The van der Waals surface area contributed by atoms with E-state index in [1.807, 2.05) is 13.0 Å². The molecule has 0 bridgehead atoms. The van der Waals surface area contributed by atoms with Gasteiger partial charge in [-0.2, -0.15) is 0 Å². The molecule has 1 aliphatic carbocycles. The second-order valence-electron chi connectivity index (χ2n) is 6.08. The fraction of sp³-hybridized carbons (Fsp3) is 0.688. The zero-order valence-corrected chi connectivity index (χ0v) is 12.5. The molecule has 18 heavy (non-hydrogen) atoms. The minimum atomic E-state index is -0.226. The molecule has 0 radical (unpaired) electrons. The number of carbonyl (C=O) groups is 1. The topological polar surface area (TPSA) is 26.3 Å². The molecule has 1 aliphatic rings. The summed E-state index contributed by atoms with van der Waals surface area (Å²) in [6, 6.07) is 0. The van der Waals surface area contributed by atoms with Gasteiger partial charge in [-0.25, -0.2) is 0 Å². The van der Waals surface area contributed by atoms with Crippen LogP contribution in [0.3, 0.4) is 0 Å². The lowest BCUT2D eigenvalue weighted by Crippen LogP contribution is -2.33. The minimum absolute atomic E-state index is 0.150. The lowest BCUT2D eigenvalue weighted by Gasteiger charge is -2.42. The molecule has 1 rings (SSSR count). The molecule has 0 aliphatic heterocycles. The van der Waals surface area contributed by atoms with Crippen LogP contribution in [0.25, 0.3) is 0 Å².